The molecule has 0 fully saturated rings. The van der Waals surface area contributed by atoms with E-state index >= 15 is 0 Å². The summed E-state index contributed by atoms with van der Waals surface area (Å²) in [7, 11) is -15.2. The topological polar surface area (TPSA) is 149 Å². The monoisotopic (exact) mass is 941 g/mol. The number of ether oxygens (including phenoxy) is 1. The zero-order valence-corrected chi connectivity index (χ0v) is 37.0. The standard InChI is InChI=1S/C19H27OS.C18H15S.C2F6NO4S2.CH4O3S/c1-4-6-14-21(15-7-5-2)19-13-12-18(20-3)16-10-8-9-11-17(16)19;1-4-10-16(11-5-1)19(17-12-6-2-7-13-17)18-14-8-3-9-15-18;3-1(4,5)14(10,11)9-15(12,13)2(6,7)8;1-5(2,3)4/h8-13H,4-7,14-15H2,1-3H3;1-15H;;1H3,(H,2,3,4)/q2*+1;-1;/p-1. The van der Waals surface area contributed by atoms with Crippen molar-refractivity contribution in [2.45, 2.75) is 70.1 Å². The van der Waals surface area contributed by atoms with Gasteiger partial charge in [-0.05, 0) is 67.4 Å². The fourth-order valence-corrected chi connectivity index (χ4v) is 11.4. The van der Waals surface area contributed by atoms with Gasteiger partial charge in [-0.3, -0.25) is 0 Å². The van der Waals surface area contributed by atoms with Gasteiger partial charge in [-0.1, -0.05) is 99.5 Å². The van der Waals surface area contributed by atoms with Gasteiger partial charge in [0, 0.05) is 27.9 Å². The van der Waals surface area contributed by atoms with E-state index in [0.29, 0.717) is 17.2 Å². The normalized spacial score (nSPS) is 12.1. The Hall–Kier alpha value is -3.79. The quantitative estimate of drug-likeness (QED) is 0.0643. The van der Waals surface area contributed by atoms with Crippen LogP contribution >= 0.6 is 0 Å². The lowest BCUT2D eigenvalue weighted by Gasteiger charge is -2.22. The summed E-state index contributed by atoms with van der Waals surface area (Å²) in [5, 5.41) is 2.63. The Morgan fingerprint density at radius 1 is 0.567 bits per heavy atom. The number of sulfonamides is 2. The predicted octanol–water partition coefficient (Wildman–Crippen LogP) is 10.4. The summed E-state index contributed by atoms with van der Waals surface area (Å²) in [5.41, 5.74) is -12.4. The highest BCUT2D eigenvalue weighted by atomic mass is 32.3. The molecule has 330 valence electrons. The molecule has 5 aromatic rings. The third-order valence-electron chi connectivity index (χ3n) is 7.58. The van der Waals surface area contributed by atoms with Crippen molar-refractivity contribution in [3.63, 3.8) is 0 Å². The molecule has 20 heteroatoms. The first kappa shape index (κ1) is 52.3. The number of methoxy groups -OCH3 is 1. The average molecular weight is 942 g/mol. The van der Waals surface area contributed by atoms with Crippen LogP contribution in [0.4, 0.5) is 26.3 Å². The number of alkyl halides is 6. The van der Waals surface area contributed by atoms with E-state index in [1.165, 1.54) is 67.5 Å². The van der Waals surface area contributed by atoms with Crippen molar-refractivity contribution in [2.24, 2.45) is 0 Å². The van der Waals surface area contributed by atoms with E-state index in [-0.39, 0.29) is 10.9 Å². The van der Waals surface area contributed by atoms with Gasteiger partial charge in [0.05, 0.1) is 28.1 Å². The maximum absolute atomic E-state index is 11.4. The van der Waals surface area contributed by atoms with Gasteiger partial charge in [-0.25, -0.2) is 25.3 Å². The van der Waals surface area contributed by atoms with E-state index in [1.807, 2.05) is 0 Å². The summed E-state index contributed by atoms with van der Waals surface area (Å²) in [6.45, 7) is 4.57. The second-order valence-electron chi connectivity index (χ2n) is 12.3. The van der Waals surface area contributed by atoms with E-state index in [4.69, 9.17) is 17.7 Å². The number of benzene rings is 5. The molecule has 0 aromatic heterocycles. The molecule has 0 N–H and O–H groups in total. The molecule has 0 aliphatic heterocycles. The van der Waals surface area contributed by atoms with E-state index in [1.54, 1.807) is 7.11 Å². The Balaban J connectivity index is 0.000000297. The minimum Gasteiger partial charge on any atom is -0.748 e. The van der Waals surface area contributed by atoms with Crippen LogP contribution in [0, 0.1) is 0 Å². The second kappa shape index (κ2) is 24.0. The van der Waals surface area contributed by atoms with Crippen molar-refractivity contribution in [1.82, 2.24) is 0 Å². The SMILES string of the molecule is CCCC[S+](CCCC)c1ccc(OC)c2ccccc12.CS(=O)(=O)[O-].O=S(=O)([N-]S(=O)(=O)C(F)(F)F)C(F)(F)F.c1ccc([S+](c2ccccc2)c2ccccc2)cc1. The number of rotatable bonds is 13. The molecule has 0 radical (unpaired) electrons. The Kier molecular flexibility index (Phi) is 20.9. The van der Waals surface area contributed by atoms with Crippen molar-refractivity contribution < 1.29 is 60.9 Å². The highest BCUT2D eigenvalue weighted by Crippen LogP contribution is 2.37. The zero-order chi connectivity index (χ0) is 45.2. The minimum atomic E-state index is -6.72. The maximum atomic E-state index is 11.4. The molecule has 0 bridgehead atoms. The average Bonchev–Trinajstić information content (AvgIpc) is 3.18. The van der Waals surface area contributed by atoms with Gasteiger partial charge in [0.15, 0.2) is 39.6 Å². The molecule has 0 spiro atoms. The number of fused-ring (bicyclic) bond motifs is 1. The van der Waals surface area contributed by atoms with Crippen LogP contribution < -0.4 is 4.74 Å². The molecular weight excluding hydrogens is 897 g/mol. The fourth-order valence-electron chi connectivity index (χ4n) is 4.92. The summed E-state index contributed by atoms with van der Waals surface area (Å²) in [6.07, 6.45) is 5.82. The number of halogens is 6. The Morgan fingerprint density at radius 3 is 1.22 bits per heavy atom. The zero-order valence-electron chi connectivity index (χ0n) is 32.9. The van der Waals surface area contributed by atoms with Gasteiger partial charge >= 0.3 is 11.0 Å². The van der Waals surface area contributed by atoms with E-state index in [9.17, 15) is 43.2 Å². The van der Waals surface area contributed by atoms with Gasteiger partial charge in [-0.2, -0.15) is 26.3 Å². The first-order valence-electron chi connectivity index (χ1n) is 17.9. The van der Waals surface area contributed by atoms with Crippen LogP contribution in [0.1, 0.15) is 39.5 Å². The van der Waals surface area contributed by atoms with Crippen molar-refractivity contribution in [3.8, 4) is 5.75 Å². The third-order valence-corrected chi connectivity index (χ3v) is 15.1. The van der Waals surface area contributed by atoms with Crippen LogP contribution in [0.25, 0.3) is 14.9 Å². The van der Waals surface area contributed by atoms with Crippen molar-refractivity contribution in [3.05, 3.63) is 132 Å². The van der Waals surface area contributed by atoms with Crippen LogP contribution in [0.3, 0.4) is 0 Å². The van der Waals surface area contributed by atoms with Crippen LogP contribution in [0.5, 0.6) is 5.75 Å². The van der Waals surface area contributed by atoms with Crippen LogP contribution in [-0.4, -0.2) is 65.7 Å². The van der Waals surface area contributed by atoms with Crippen molar-refractivity contribution >= 4 is 62.7 Å². The van der Waals surface area contributed by atoms with Gasteiger partial charge in [0.2, 0.25) is 0 Å². The molecule has 0 heterocycles. The number of hydrogen-bond donors (Lipinski definition) is 0. The van der Waals surface area contributed by atoms with E-state index in [0.717, 1.165) is 9.88 Å². The summed E-state index contributed by atoms with van der Waals surface area (Å²) in [4.78, 5) is 5.62. The largest absolute Gasteiger partial charge is 0.748 e. The van der Waals surface area contributed by atoms with Gasteiger partial charge in [-0.15, -0.1) is 0 Å². The van der Waals surface area contributed by atoms with Crippen molar-refractivity contribution in [2.75, 3.05) is 24.9 Å². The lowest BCUT2D eigenvalue weighted by atomic mass is 10.1. The summed E-state index contributed by atoms with van der Waals surface area (Å²) in [5.74, 6) is 3.64. The number of nitrogens with zero attached hydrogens (tertiary/aromatic N) is 1. The van der Waals surface area contributed by atoms with Crippen LogP contribution in [-0.2, 0) is 52.0 Å². The van der Waals surface area contributed by atoms with Crippen LogP contribution in [0.2, 0.25) is 0 Å². The molecule has 0 saturated carbocycles. The highest BCUT2D eigenvalue weighted by molar-refractivity contribution is 8.13. The summed E-state index contributed by atoms with van der Waals surface area (Å²) >= 11 is 0. The molecule has 0 aliphatic rings. The number of unbranched alkanes of at least 4 members (excludes halogenated alkanes) is 2. The molecule has 0 atom stereocenters. The molecule has 5 rings (SSSR count). The lowest BCUT2D eigenvalue weighted by Crippen LogP contribution is -2.30. The van der Waals surface area contributed by atoms with E-state index in [2.05, 4.69) is 141 Å². The number of hydrogen-bond acceptors (Lipinski definition) is 8. The Labute approximate surface area is 354 Å². The van der Waals surface area contributed by atoms with Gasteiger partial charge < -0.3 is 13.4 Å². The lowest BCUT2D eigenvalue weighted by molar-refractivity contribution is -0.0444. The molecule has 5 aromatic carbocycles. The molecular formula is C40H45F6NO8S5. The van der Waals surface area contributed by atoms with E-state index < -0.39 is 41.2 Å². The third kappa shape index (κ3) is 17.3. The fraction of sp³-hybridized carbons (Fsp3) is 0.300. The smallest absolute Gasteiger partial charge is 0.480 e. The second-order valence-corrected chi connectivity index (χ2v) is 21.4. The summed E-state index contributed by atoms with van der Waals surface area (Å²) < 4.78 is 142. The first-order valence-corrected chi connectivity index (χ1v) is 25.4. The Morgan fingerprint density at radius 2 is 0.900 bits per heavy atom. The molecule has 0 saturated heterocycles. The first-order chi connectivity index (χ1) is 28.0. The molecule has 60 heavy (non-hydrogen) atoms. The van der Waals surface area contributed by atoms with Gasteiger partial charge in [0.25, 0.3) is 0 Å². The summed E-state index contributed by atoms with van der Waals surface area (Å²) in [6, 6.07) is 45.3. The Bertz CT molecular complexity index is 2220. The molecule has 0 amide bonds. The highest BCUT2D eigenvalue weighted by Gasteiger charge is 2.47. The van der Waals surface area contributed by atoms with Crippen LogP contribution in [0.15, 0.2) is 147 Å². The maximum Gasteiger partial charge on any atom is 0.480 e. The van der Waals surface area contributed by atoms with Crippen molar-refractivity contribution in [1.29, 1.82) is 0 Å². The van der Waals surface area contributed by atoms with Gasteiger partial charge in [0.1, 0.15) is 17.3 Å². The minimum absolute atomic E-state index is 0.0146. The molecule has 0 aliphatic carbocycles. The molecule has 0 unspecified atom stereocenters. The molecule has 9 nitrogen and oxygen atoms in total. The predicted molar refractivity (Wildman–Crippen MR) is 226 cm³/mol.